The number of rotatable bonds is 13. The van der Waals surface area contributed by atoms with Crippen molar-refractivity contribution < 1.29 is 4.74 Å². The van der Waals surface area contributed by atoms with Crippen molar-refractivity contribution in [1.29, 1.82) is 0 Å². The predicted molar refractivity (Wildman–Crippen MR) is 96.8 cm³/mol. The molecule has 0 spiro atoms. The minimum Gasteiger partial charge on any atom is -0.376 e. The zero-order valence-electron chi connectivity index (χ0n) is 15.4. The SMILES string of the molecule is CCCCCCCC(CCC(CC)N1C=NCC1)OC(C)C. The Kier molecular flexibility index (Phi) is 10.6. The summed E-state index contributed by atoms with van der Waals surface area (Å²) < 4.78 is 6.16. The van der Waals surface area contributed by atoms with E-state index in [2.05, 4.69) is 43.9 Å². The summed E-state index contributed by atoms with van der Waals surface area (Å²) in [5, 5.41) is 0. The quantitative estimate of drug-likeness (QED) is 0.445. The van der Waals surface area contributed by atoms with Crippen molar-refractivity contribution in [2.45, 2.75) is 104 Å². The van der Waals surface area contributed by atoms with Gasteiger partial charge in [0.2, 0.25) is 0 Å². The maximum absolute atomic E-state index is 6.16. The van der Waals surface area contributed by atoms with Gasteiger partial charge in [-0.25, -0.2) is 0 Å². The lowest BCUT2D eigenvalue weighted by atomic mass is 10.00. The molecule has 0 radical (unpaired) electrons. The molecule has 0 fully saturated rings. The molecule has 3 heteroatoms. The van der Waals surface area contributed by atoms with Gasteiger partial charge < -0.3 is 9.64 Å². The molecule has 0 saturated heterocycles. The van der Waals surface area contributed by atoms with Crippen LogP contribution in [0.1, 0.15) is 85.5 Å². The molecule has 0 N–H and O–H groups in total. The lowest BCUT2D eigenvalue weighted by Crippen LogP contribution is -2.33. The van der Waals surface area contributed by atoms with Crippen molar-refractivity contribution in [1.82, 2.24) is 4.90 Å². The van der Waals surface area contributed by atoms with Gasteiger partial charge in [0, 0.05) is 12.6 Å². The van der Waals surface area contributed by atoms with Crippen molar-refractivity contribution >= 4 is 6.34 Å². The molecule has 0 aromatic carbocycles. The van der Waals surface area contributed by atoms with E-state index in [1.165, 1.54) is 57.8 Å². The largest absolute Gasteiger partial charge is 0.376 e. The molecule has 1 rings (SSSR count). The Hall–Kier alpha value is -0.570. The molecule has 0 bridgehead atoms. The average Bonchev–Trinajstić information content (AvgIpc) is 3.01. The zero-order chi connectivity index (χ0) is 16.2. The molecule has 130 valence electrons. The summed E-state index contributed by atoms with van der Waals surface area (Å²) in [6.45, 7) is 11.0. The number of nitrogens with zero attached hydrogens (tertiary/aromatic N) is 2. The van der Waals surface area contributed by atoms with Crippen molar-refractivity contribution in [3.05, 3.63) is 0 Å². The fraction of sp³-hybridized carbons (Fsp3) is 0.947. The van der Waals surface area contributed by atoms with Crippen LogP contribution in [-0.4, -0.2) is 42.6 Å². The van der Waals surface area contributed by atoms with E-state index in [0.717, 1.165) is 13.1 Å². The molecule has 2 atom stereocenters. The molecular formula is C19H38N2O. The van der Waals surface area contributed by atoms with Gasteiger partial charge in [-0.15, -0.1) is 0 Å². The van der Waals surface area contributed by atoms with E-state index < -0.39 is 0 Å². The van der Waals surface area contributed by atoms with Crippen molar-refractivity contribution in [2.24, 2.45) is 4.99 Å². The second-order valence-corrected chi connectivity index (χ2v) is 6.91. The molecule has 22 heavy (non-hydrogen) atoms. The maximum Gasteiger partial charge on any atom is 0.0853 e. The lowest BCUT2D eigenvalue weighted by Gasteiger charge is -2.28. The zero-order valence-corrected chi connectivity index (χ0v) is 15.4. The van der Waals surface area contributed by atoms with Crippen LogP contribution in [0, 0.1) is 0 Å². The Morgan fingerprint density at radius 1 is 1.05 bits per heavy atom. The van der Waals surface area contributed by atoms with Crippen molar-refractivity contribution in [3.63, 3.8) is 0 Å². The number of hydrogen-bond acceptors (Lipinski definition) is 3. The van der Waals surface area contributed by atoms with Gasteiger partial charge in [0.25, 0.3) is 0 Å². The summed E-state index contributed by atoms with van der Waals surface area (Å²) in [5.41, 5.74) is 0. The molecule has 1 aliphatic heterocycles. The number of hydrogen-bond donors (Lipinski definition) is 0. The Morgan fingerprint density at radius 3 is 2.41 bits per heavy atom. The molecule has 3 nitrogen and oxygen atoms in total. The molecule has 1 heterocycles. The monoisotopic (exact) mass is 310 g/mol. The van der Waals surface area contributed by atoms with Crippen LogP contribution in [0.4, 0.5) is 0 Å². The van der Waals surface area contributed by atoms with Gasteiger partial charge in [-0.1, -0.05) is 46.0 Å². The molecule has 0 aliphatic carbocycles. The van der Waals surface area contributed by atoms with E-state index in [1.54, 1.807) is 0 Å². The standard InChI is InChI=1S/C19H38N2O/c1-5-7-8-9-10-11-19(22-17(3)4)13-12-18(6-2)21-15-14-20-16-21/h16-19H,5-15H2,1-4H3. The van der Waals surface area contributed by atoms with E-state index in [9.17, 15) is 0 Å². The Balaban J connectivity index is 2.30. The molecule has 1 aliphatic rings. The van der Waals surface area contributed by atoms with Gasteiger partial charge in [0.1, 0.15) is 0 Å². The van der Waals surface area contributed by atoms with Crippen LogP contribution in [0.3, 0.4) is 0 Å². The predicted octanol–water partition coefficient (Wildman–Crippen LogP) is 5.04. The third-order valence-electron chi connectivity index (χ3n) is 4.57. The molecular weight excluding hydrogens is 272 g/mol. The van der Waals surface area contributed by atoms with Gasteiger partial charge >= 0.3 is 0 Å². The first kappa shape index (κ1) is 19.5. The third-order valence-corrected chi connectivity index (χ3v) is 4.57. The maximum atomic E-state index is 6.16. The second-order valence-electron chi connectivity index (χ2n) is 6.91. The highest BCUT2D eigenvalue weighted by Crippen LogP contribution is 2.19. The van der Waals surface area contributed by atoms with Crippen LogP contribution in [0.5, 0.6) is 0 Å². The second kappa shape index (κ2) is 11.9. The van der Waals surface area contributed by atoms with Gasteiger partial charge in [-0.3, -0.25) is 4.99 Å². The molecule has 0 aromatic heterocycles. The topological polar surface area (TPSA) is 24.8 Å². The summed E-state index contributed by atoms with van der Waals surface area (Å²) in [5.74, 6) is 0. The fourth-order valence-electron chi connectivity index (χ4n) is 3.29. The Labute approximate surface area is 138 Å². The molecule has 0 saturated carbocycles. The van der Waals surface area contributed by atoms with Crippen LogP contribution < -0.4 is 0 Å². The molecule has 2 unspecified atom stereocenters. The van der Waals surface area contributed by atoms with Gasteiger partial charge in [0.15, 0.2) is 0 Å². The van der Waals surface area contributed by atoms with Gasteiger partial charge in [-0.2, -0.15) is 0 Å². The first-order valence-electron chi connectivity index (χ1n) is 9.58. The van der Waals surface area contributed by atoms with Crippen LogP contribution in [0.2, 0.25) is 0 Å². The normalized spacial score (nSPS) is 17.4. The van der Waals surface area contributed by atoms with E-state index in [-0.39, 0.29) is 0 Å². The number of unbranched alkanes of at least 4 members (excludes halogenated alkanes) is 4. The highest BCUT2D eigenvalue weighted by Gasteiger charge is 2.19. The first-order valence-corrected chi connectivity index (χ1v) is 9.58. The smallest absolute Gasteiger partial charge is 0.0853 e. The fourth-order valence-corrected chi connectivity index (χ4v) is 3.29. The first-order chi connectivity index (χ1) is 10.7. The molecule has 0 amide bonds. The summed E-state index contributed by atoms with van der Waals surface area (Å²) in [7, 11) is 0. The Bertz CT molecular complexity index is 291. The minimum absolute atomic E-state index is 0.342. The van der Waals surface area contributed by atoms with E-state index >= 15 is 0 Å². The number of aliphatic imine (C=N–C) groups is 1. The van der Waals surface area contributed by atoms with E-state index in [1.807, 2.05) is 0 Å². The van der Waals surface area contributed by atoms with Crippen molar-refractivity contribution in [3.8, 4) is 0 Å². The third kappa shape index (κ3) is 8.17. The highest BCUT2D eigenvalue weighted by atomic mass is 16.5. The molecule has 0 aromatic rings. The minimum atomic E-state index is 0.342. The summed E-state index contributed by atoms with van der Waals surface area (Å²) in [6.07, 6.45) is 14.4. The van der Waals surface area contributed by atoms with E-state index in [0.29, 0.717) is 18.2 Å². The van der Waals surface area contributed by atoms with Crippen molar-refractivity contribution in [2.75, 3.05) is 13.1 Å². The average molecular weight is 311 g/mol. The van der Waals surface area contributed by atoms with Gasteiger partial charge in [0.05, 0.1) is 25.1 Å². The van der Waals surface area contributed by atoms with Crippen LogP contribution in [0.25, 0.3) is 0 Å². The lowest BCUT2D eigenvalue weighted by molar-refractivity contribution is -0.00630. The summed E-state index contributed by atoms with van der Waals surface area (Å²) in [6, 6.07) is 0.643. The van der Waals surface area contributed by atoms with Crippen LogP contribution in [-0.2, 0) is 4.74 Å². The number of ether oxygens (including phenoxy) is 1. The van der Waals surface area contributed by atoms with E-state index in [4.69, 9.17) is 4.74 Å². The highest BCUT2D eigenvalue weighted by molar-refractivity contribution is 5.57. The van der Waals surface area contributed by atoms with Crippen LogP contribution in [0.15, 0.2) is 4.99 Å². The van der Waals surface area contributed by atoms with Crippen LogP contribution >= 0.6 is 0 Å². The van der Waals surface area contributed by atoms with Gasteiger partial charge in [-0.05, 0) is 39.5 Å². The summed E-state index contributed by atoms with van der Waals surface area (Å²) in [4.78, 5) is 6.78. The summed E-state index contributed by atoms with van der Waals surface area (Å²) >= 11 is 0. The Morgan fingerprint density at radius 2 is 1.82 bits per heavy atom.